The van der Waals surface area contributed by atoms with Gasteiger partial charge in [-0.25, -0.2) is 0 Å². The van der Waals surface area contributed by atoms with Gasteiger partial charge >= 0.3 is 0 Å². The third-order valence-corrected chi connectivity index (χ3v) is 3.90. The lowest BCUT2D eigenvalue weighted by Crippen LogP contribution is -2.26. The SMILES string of the molecule is CN(Cc1ccc(Br)cc1)C(=O)c1ccc2cn[nH]c2c1. The highest BCUT2D eigenvalue weighted by Gasteiger charge is 2.13. The van der Waals surface area contributed by atoms with E-state index < -0.39 is 0 Å². The van der Waals surface area contributed by atoms with Gasteiger partial charge in [-0.3, -0.25) is 9.89 Å². The number of H-pyrrole nitrogens is 1. The van der Waals surface area contributed by atoms with Crippen molar-refractivity contribution in [3.63, 3.8) is 0 Å². The molecule has 3 rings (SSSR count). The molecule has 0 aliphatic carbocycles. The summed E-state index contributed by atoms with van der Waals surface area (Å²) in [4.78, 5) is 14.2. The Hall–Kier alpha value is -2.14. The number of aromatic nitrogens is 2. The van der Waals surface area contributed by atoms with Gasteiger partial charge in [0.1, 0.15) is 0 Å². The first-order chi connectivity index (χ1) is 10.1. The Balaban J connectivity index is 1.78. The van der Waals surface area contributed by atoms with Crippen molar-refractivity contribution < 1.29 is 4.79 Å². The molecule has 106 valence electrons. The fourth-order valence-electron chi connectivity index (χ4n) is 2.23. The maximum atomic E-state index is 12.5. The summed E-state index contributed by atoms with van der Waals surface area (Å²) in [6.07, 6.45) is 1.75. The van der Waals surface area contributed by atoms with E-state index in [9.17, 15) is 4.79 Å². The topological polar surface area (TPSA) is 49.0 Å². The second-order valence-electron chi connectivity index (χ2n) is 4.96. The monoisotopic (exact) mass is 343 g/mol. The average molecular weight is 344 g/mol. The number of nitrogens with one attached hydrogen (secondary N) is 1. The molecule has 1 N–H and O–H groups in total. The zero-order valence-electron chi connectivity index (χ0n) is 11.5. The number of carbonyl (C=O) groups is 1. The van der Waals surface area contributed by atoms with E-state index in [0.29, 0.717) is 12.1 Å². The van der Waals surface area contributed by atoms with Crippen molar-refractivity contribution in [2.45, 2.75) is 6.54 Å². The number of amides is 1. The Morgan fingerprint density at radius 1 is 1.24 bits per heavy atom. The lowest BCUT2D eigenvalue weighted by Gasteiger charge is -2.17. The highest BCUT2D eigenvalue weighted by atomic mass is 79.9. The number of carbonyl (C=O) groups excluding carboxylic acids is 1. The maximum absolute atomic E-state index is 12.5. The third-order valence-electron chi connectivity index (χ3n) is 3.37. The van der Waals surface area contributed by atoms with Crippen LogP contribution in [0.15, 0.2) is 53.1 Å². The lowest BCUT2D eigenvalue weighted by atomic mass is 10.1. The van der Waals surface area contributed by atoms with E-state index in [1.807, 2.05) is 49.5 Å². The summed E-state index contributed by atoms with van der Waals surface area (Å²) in [6, 6.07) is 13.5. The van der Waals surface area contributed by atoms with E-state index in [4.69, 9.17) is 0 Å². The summed E-state index contributed by atoms with van der Waals surface area (Å²) in [5.74, 6) is -0.00517. The van der Waals surface area contributed by atoms with E-state index in [1.54, 1.807) is 11.1 Å². The van der Waals surface area contributed by atoms with E-state index in [-0.39, 0.29) is 5.91 Å². The van der Waals surface area contributed by atoms with Crippen LogP contribution in [0.25, 0.3) is 10.9 Å². The molecule has 1 aromatic heterocycles. The zero-order valence-corrected chi connectivity index (χ0v) is 13.1. The van der Waals surface area contributed by atoms with E-state index in [1.165, 1.54) is 0 Å². The second kappa shape index (κ2) is 5.69. The van der Waals surface area contributed by atoms with Gasteiger partial charge in [0.25, 0.3) is 5.91 Å². The van der Waals surface area contributed by atoms with Crippen LogP contribution in [0.2, 0.25) is 0 Å². The molecule has 4 nitrogen and oxygen atoms in total. The molecule has 0 aliphatic rings. The smallest absolute Gasteiger partial charge is 0.253 e. The quantitative estimate of drug-likeness (QED) is 0.789. The summed E-state index contributed by atoms with van der Waals surface area (Å²) in [6.45, 7) is 0.577. The molecule has 0 radical (unpaired) electrons. The minimum atomic E-state index is -0.00517. The van der Waals surface area contributed by atoms with Crippen molar-refractivity contribution >= 4 is 32.7 Å². The third kappa shape index (κ3) is 2.97. The first-order valence-corrected chi connectivity index (χ1v) is 7.36. The first-order valence-electron chi connectivity index (χ1n) is 6.56. The number of nitrogens with zero attached hydrogens (tertiary/aromatic N) is 2. The number of aromatic amines is 1. The molecule has 2 aromatic carbocycles. The molecule has 1 heterocycles. The number of hydrogen-bond acceptors (Lipinski definition) is 2. The van der Waals surface area contributed by atoms with E-state index >= 15 is 0 Å². The van der Waals surface area contributed by atoms with Crippen molar-refractivity contribution in [2.24, 2.45) is 0 Å². The standard InChI is InChI=1S/C16H14BrN3O/c1-20(10-11-2-6-14(17)7-3-11)16(21)12-4-5-13-9-18-19-15(13)8-12/h2-9H,10H2,1H3,(H,18,19). The summed E-state index contributed by atoms with van der Waals surface area (Å²) in [7, 11) is 1.81. The molecule has 21 heavy (non-hydrogen) atoms. The van der Waals surface area contributed by atoms with Gasteiger partial charge in [0, 0.05) is 29.0 Å². The van der Waals surface area contributed by atoms with Crippen LogP contribution in [0.5, 0.6) is 0 Å². The van der Waals surface area contributed by atoms with Crippen molar-refractivity contribution in [2.75, 3.05) is 7.05 Å². The number of halogens is 1. The Bertz CT molecular complexity index is 780. The molecule has 0 spiro atoms. The number of rotatable bonds is 3. The van der Waals surface area contributed by atoms with Crippen LogP contribution in [0.4, 0.5) is 0 Å². The molecule has 3 aromatic rings. The number of benzene rings is 2. The molecular weight excluding hydrogens is 330 g/mol. The highest BCUT2D eigenvalue weighted by molar-refractivity contribution is 9.10. The van der Waals surface area contributed by atoms with Gasteiger partial charge in [0.2, 0.25) is 0 Å². The predicted molar refractivity (Wildman–Crippen MR) is 86.0 cm³/mol. The molecule has 0 fully saturated rings. The van der Waals surface area contributed by atoms with Gasteiger partial charge < -0.3 is 4.90 Å². The maximum Gasteiger partial charge on any atom is 0.253 e. The molecular formula is C16H14BrN3O. The van der Waals surface area contributed by atoms with Gasteiger partial charge in [-0.05, 0) is 29.8 Å². The second-order valence-corrected chi connectivity index (χ2v) is 5.88. The van der Waals surface area contributed by atoms with Crippen LogP contribution in [0.3, 0.4) is 0 Å². The zero-order chi connectivity index (χ0) is 14.8. The summed E-state index contributed by atoms with van der Waals surface area (Å²) < 4.78 is 1.03. The van der Waals surface area contributed by atoms with Gasteiger partial charge in [-0.15, -0.1) is 0 Å². The fourth-order valence-corrected chi connectivity index (χ4v) is 2.49. The minimum Gasteiger partial charge on any atom is -0.337 e. The van der Waals surface area contributed by atoms with Crippen molar-refractivity contribution in [1.29, 1.82) is 0 Å². The van der Waals surface area contributed by atoms with E-state index in [2.05, 4.69) is 26.1 Å². The first kappa shape index (κ1) is 13.8. The largest absolute Gasteiger partial charge is 0.337 e. The number of fused-ring (bicyclic) bond motifs is 1. The van der Waals surface area contributed by atoms with Crippen molar-refractivity contribution in [3.05, 3.63) is 64.3 Å². The van der Waals surface area contributed by atoms with E-state index in [0.717, 1.165) is 20.9 Å². The van der Waals surface area contributed by atoms with Crippen LogP contribution >= 0.6 is 15.9 Å². The van der Waals surface area contributed by atoms with Crippen molar-refractivity contribution in [3.8, 4) is 0 Å². The van der Waals surface area contributed by atoms with Crippen LogP contribution in [0, 0.1) is 0 Å². The predicted octanol–water partition coefficient (Wildman–Crippen LogP) is 3.60. The minimum absolute atomic E-state index is 0.00517. The van der Waals surface area contributed by atoms with Gasteiger partial charge in [-0.1, -0.05) is 34.1 Å². The Morgan fingerprint density at radius 3 is 2.76 bits per heavy atom. The lowest BCUT2D eigenvalue weighted by molar-refractivity contribution is 0.0785. The molecule has 0 atom stereocenters. The molecule has 0 saturated carbocycles. The van der Waals surface area contributed by atoms with Gasteiger partial charge in [0.05, 0.1) is 11.7 Å². The summed E-state index contributed by atoms with van der Waals surface area (Å²) >= 11 is 3.41. The highest BCUT2D eigenvalue weighted by Crippen LogP contribution is 2.16. The normalized spacial score (nSPS) is 10.8. The average Bonchev–Trinajstić information content (AvgIpc) is 2.96. The molecule has 0 aliphatic heterocycles. The van der Waals surface area contributed by atoms with Crippen LogP contribution in [-0.4, -0.2) is 28.1 Å². The molecule has 1 amide bonds. The Morgan fingerprint density at radius 2 is 2.00 bits per heavy atom. The number of hydrogen-bond donors (Lipinski definition) is 1. The van der Waals surface area contributed by atoms with Crippen LogP contribution in [-0.2, 0) is 6.54 Å². The Kier molecular flexibility index (Phi) is 3.75. The van der Waals surface area contributed by atoms with Crippen molar-refractivity contribution in [1.82, 2.24) is 15.1 Å². The fraction of sp³-hybridized carbons (Fsp3) is 0.125. The van der Waals surface area contributed by atoms with Gasteiger partial charge in [0.15, 0.2) is 0 Å². The molecule has 0 bridgehead atoms. The molecule has 0 unspecified atom stereocenters. The molecule has 0 saturated heterocycles. The summed E-state index contributed by atoms with van der Waals surface area (Å²) in [5.41, 5.74) is 2.63. The van der Waals surface area contributed by atoms with Crippen LogP contribution in [0.1, 0.15) is 15.9 Å². The van der Waals surface area contributed by atoms with Gasteiger partial charge in [-0.2, -0.15) is 5.10 Å². The molecule has 5 heteroatoms. The summed E-state index contributed by atoms with van der Waals surface area (Å²) in [5, 5.41) is 7.85. The van der Waals surface area contributed by atoms with Crippen LogP contribution < -0.4 is 0 Å². The Labute approximate surface area is 130 Å².